The van der Waals surface area contributed by atoms with Crippen LogP contribution in [-0.2, 0) is 22.7 Å². The zero-order valence-electron chi connectivity index (χ0n) is 21.3. The van der Waals surface area contributed by atoms with E-state index in [9.17, 15) is 14.4 Å². The van der Waals surface area contributed by atoms with Gasteiger partial charge in [0.15, 0.2) is 16.7 Å². The van der Waals surface area contributed by atoms with Crippen molar-refractivity contribution in [2.24, 2.45) is 0 Å². The Bertz CT molecular complexity index is 1540. The Kier molecular flexibility index (Phi) is 8.16. The van der Waals surface area contributed by atoms with Gasteiger partial charge in [0.2, 0.25) is 18.6 Å². The van der Waals surface area contributed by atoms with Gasteiger partial charge in [0.05, 0.1) is 29.0 Å². The summed E-state index contributed by atoms with van der Waals surface area (Å²) in [5.74, 6) is 1.52. The van der Waals surface area contributed by atoms with Crippen LogP contribution < -0.4 is 25.7 Å². The van der Waals surface area contributed by atoms with Gasteiger partial charge in [0.25, 0.3) is 5.56 Å². The number of nitrogens with one attached hydrogen (secondary N) is 2. The molecule has 0 aliphatic carbocycles. The quantitative estimate of drug-likeness (QED) is 0.210. The largest absolute Gasteiger partial charge is 0.467 e. The molecular weight excluding hydrogens is 520 g/mol. The maximum absolute atomic E-state index is 13.4. The number of carbonyl (C=O) groups is 2. The van der Waals surface area contributed by atoms with Crippen LogP contribution in [0.5, 0.6) is 11.5 Å². The predicted molar refractivity (Wildman–Crippen MR) is 147 cm³/mol. The van der Waals surface area contributed by atoms with Crippen molar-refractivity contribution < 1.29 is 23.5 Å². The number of hydrogen-bond acceptors (Lipinski definition) is 8. The number of hydrogen-bond donors (Lipinski definition) is 2. The molecule has 11 heteroatoms. The van der Waals surface area contributed by atoms with Gasteiger partial charge in [-0.15, -0.1) is 0 Å². The molecule has 0 saturated heterocycles. The summed E-state index contributed by atoms with van der Waals surface area (Å²) in [6.45, 7) is 2.65. The van der Waals surface area contributed by atoms with Crippen LogP contribution >= 0.6 is 11.8 Å². The average molecular weight is 549 g/mol. The molecule has 0 bridgehead atoms. The Balaban J connectivity index is 1.30. The maximum atomic E-state index is 13.4. The number of nitrogens with zero attached hydrogens (tertiary/aromatic N) is 2. The van der Waals surface area contributed by atoms with E-state index in [1.165, 1.54) is 11.8 Å². The Hall–Kier alpha value is -4.25. The molecule has 0 saturated carbocycles. The van der Waals surface area contributed by atoms with Crippen LogP contribution in [-0.4, -0.2) is 33.4 Å². The fraction of sp³-hybridized carbons (Fsp3) is 0.286. The number of anilines is 1. The molecule has 0 fully saturated rings. The van der Waals surface area contributed by atoms with Crippen molar-refractivity contribution in [1.82, 2.24) is 14.9 Å². The number of fused-ring (bicyclic) bond motifs is 2. The van der Waals surface area contributed by atoms with Gasteiger partial charge >= 0.3 is 0 Å². The lowest BCUT2D eigenvalue weighted by molar-refractivity contribution is -0.121. The molecule has 1 aliphatic rings. The van der Waals surface area contributed by atoms with Crippen molar-refractivity contribution in [2.45, 2.75) is 49.7 Å². The van der Waals surface area contributed by atoms with Crippen LogP contribution in [0.2, 0.25) is 0 Å². The molecule has 3 heterocycles. The Morgan fingerprint density at radius 3 is 2.77 bits per heavy atom. The molecular formula is C28H28N4O6S. The number of para-hydroxylation sites is 1. The van der Waals surface area contributed by atoms with E-state index in [4.69, 9.17) is 18.9 Å². The predicted octanol–water partition coefficient (Wildman–Crippen LogP) is 4.32. The van der Waals surface area contributed by atoms with Crippen molar-refractivity contribution in [3.63, 3.8) is 0 Å². The van der Waals surface area contributed by atoms with E-state index in [0.29, 0.717) is 58.4 Å². The molecule has 0 spiro atoms. The van der Waals surface area contributed by atoms with Gasteiger partial charge in [-0.25, -0.2) is 4.98 Å². The lowest BCUT2D eigenvalue weighted by atomic mass is 10.2. The summed E-state index contributed by atoms with van der Waals surface area (Å²) in [7, 11) is 0. The monoisotopic (exact) mass is 548 g/mol. The molecule has 4 aromatic rings. The highest BCUT2D eigenvalue weighted by atomic mass is 32.2. The van der Waals surface area contributed by atoms with Crippen molar-refractivity contribution in [1.29, 1.82) is 0 Å². The van der Waals surface area contributed by atoms with E-state index in [-0.39, 0.29) is 37.1 Å². The summed E-state index contributed by atoms with van der Waals surface area (Å²) in [5.41, 5.74) is 0.946. The second-order valence-electron chi connectivity index (χ2n) is 8.90. The Morgan fingerprint density at radius 1 is 1.10 bits per heavy atom. The first-order valence-corrected chi connectivity index (χ1v) is 13.6. The molecule has 2 aromatic heterocycles. The van der Waals surface area contributed by atoms with E-state index >= 15 is 0 Å². The van der Waals surface area contributed by atoms with Crippen LogP contribution in [0.1, 0.15) is 31.9 Å². The molecule has 1 atom stereocenters. The van der Waals surface area contributed by atoms with Crippen molar-refractivity contribution in [2.75, 3.05) is 12.1 Å². The molecule has 10 nitrogen and oxygen atoms in total. The summed E-state index contributed by atoms with van der Waals surface area (Å²) in [6, 6.07) is 15.9. The molecule has 2 amide bonds. The van der Waals surface area contributed by atoms with Crippen molar-refractivity contribution >= 4 is 40.2 Å². The van der Waals surface area contributed by atoms with Crippen LogP contribution in [0.15, 0.2) is 75.2 Å². The number of rotatable bonds is 11. The minimum atomic E-state index is -0.508. The summed E-state index contributed by atoms with van der Waals surface area (Å²) >= 11 is 1.24. The third-order valence-electron chi connectivity index (χ3n) is 6.20. The molecule has 5 rings (SSSR count). The van der Waals surface area contributed by atoms with E-state index in [0.717, 1.165) is 0 Å². The SMILES string of the molecule is CCC(Sc1nc2ccccc2c(=O)n1CCCC(=O)NCc1ccco1)C(=O)Nc1ccc2c(c1)OCO2. The van der Waals surface area contributed by atoms with E-state index < -0.39 is 5.25 Å². The number of aromatic nitrogens is 2. The number of furan rings is 1. The molecule has 39 heavy (non-hydrogen) atoms. The number of thioether (sulfide) groups is 1. The van der Waals surface area contributed by atoms with E-state index in [2.05, 4.69) is 10.6 Å². The third-order valence-corrected chi connectivity index (χ3v) is 7.56. The number of amides is 2. The Morgan fingerprint density at radius 2 is 1.95 bits per heavy atom. The van der Waals surface area contributed by atoms with Crippen molar-refractivity contribution in [3.8, 4) is 11.5 Å². The zero-order valence-corrected chi connectivity index (χ0v) is 22.2. The summed E-state index contributed by atoms with van der Waals surface area (Å²) in [6.07, 6.45) is 2.72. The zero-order chi connectivity index (χ0) is 27.2. The highest BCUT2D eigenvalue weighted by molar-refractivity contribution is 8.00. The van der Waals surface area contributed by atoms with Crippen LogP contribution in [0.4, 0.5) is 5.69 Å². The van der Waals surface area contributed by atoms with E-state index in [1.54, 1.807) is 59.4 Å². The van der Waals surface area contributed by atoms with Crippen LogP contribution in [0.3, 0.4) is 0 Å². The minimum absolute atomic E-state index is 0.142. The van der Waals surface area contributed by atoms with Gasteiger partial charge in [-0.1, -0.05) is 30.8 Å². The molecule has 1 unspecified atom stereocenters. The van der Waals surface area contributed by atoms with Crippen LogP contribution in [0, 0.1) is 0 Å². The second-order valence-corrected chi connectivity index (χ2v) is 10.1. The highest BCUT2D eigenvalue weighted by Gasteiger charge is 2.23. The fourth-order valence-electron chi connectivity index (χ4n) is 4.17. The fourth-order valence-corrected chi connectivity index (χ4v) is 5.21. The van der Waals surface area contributed by atoms with Gasteiger partial charge in [-0.05, 0) is 49.2 Å². The molecule has 1 aliphatic heterocycles. The first kappa shape index (κ1) is 26.4. The topological polar surface area (TPSA) is 125 Å². The minimum Gasteiger partial charge on any atom is -0.467 e. The van der Waals surface area contributed by atoms with E-state index in [1.807, 2.05) is 13.0 Å². The molecule has 202 valence electrons. The maximum Gasteiger partial charge on any atom is 0.262 e. The molecule has 0 radical (unpaired) electrons. The van der Waals surface area contributed by atoms with Crippen molar-refractivity contribution in [3.05, 3.63) is 77.0 Å². The summed E-state index contributed by atoms with van der Waals surface area (Å²) in [5, 5.41) is 6.15. The van der Waals surface area contributed by atoms with Gasteiger partial charge in [0, 0.05) is 24.7 Å². The number of ether oxygens (including phenoxy) is 2. The number of carbonyl (C=O) groups excluding carboxylic acids is 2. The molecule has 2 aromatic carbocycles. The van der Waals surface area contributed by atoms with Gasteiger partial charge in [-0.2, -0.15) is 0 Å². The summed E-state index contributed by atoms with van der Waals surface area (Å²) in [4.78, 5) is 43.7. The third kappa shape index (κ3) is 6.26. The highest BCUT2D eigenvalue weighted by Crippen LogP contribution is 2.34. The second kappa shape index (κ2) is 12.1. The van der Waals surface area contributed by atoms with Gasteiger partial charge in [-0.3, -0.25) is 19.0 Å². The normalized spacial score (nSPS) is 12.8. The van der Waals surface area contributed by atoms with Gasteiger partial charge < -0.3 is 24.5 Å². The lowest BCUT2D eigenvalue weighted by Gasteiger charge is -2.18. The standard InChI is InChI=1S/C28H28N4O6S/c1-2-24(26(34)30-18-11-12-22-23(15-18)38-17-37-22)39-28-31-21-9-4-3-8-20(21)27(35)32(28)13-5-10-25(33)29-16-19-7-6-14-36-19/h3-4,6-9,11-12,14-15,24H,2,5,10,13,16-17H2,1H3,(H,29,33)(H,30,34). The Labute approximate surface area is 228 Å². The van der Waals surface area contributed by atoms with Crippen LogP contribution in [0.25, 0.3) is 10.9 Å². The average Bonchev–Trinajstić information content (AvgIpc) is 3.64. The first-order chi connectivity index (χ1) is 19.0. The molecule has 2 N–H and O–H groups in total. The van der Waals surface area contributed by atoms with Gasteiger partial charge in [0.1, 0.15) is 5.76 Å². The smallest absolute Gasteiger partial charge is 0.262 e. The summed E-state index contributed by atoms with van der Waals surface area (Å²) < 4.78 is 17.5. The number of benzene rings is 2. The lowest BCUT2D eigenvalue weighted by Crippen LogP contribution is -2.29. The first-order valence-electron chi connectivity index (χ1n) is 12.7.